The van der Waals surface area contributed by atoms with Crippen LogP contribution < -0.4 is 10.1 Å². The van der Waals surface area contributed by atoms with Crippen molar-refractivity contribution in [2.24, 2.45) is 5.41 Å². The zero-order valence-corrected chi connectivity index (χ0v) is 13.4. The van der Waals surface area contributed by atoms with E-state index in [1.165, 1.54) is 0 Å². The van der Waals surface area contributed by atoms with Crippen LogP contribution in [0.15, 0.2) is 27.1 Å². The van der Waals surface area contributed by atoms with Gasteiger partial charge in [0.05, 0.1) is 4.47 Å². The van der Waals surface area contributed by atoms with Gasteiger partial charge in [-0.15, -0.1) is 0 Å². The number of hydrogen-bond donors (Lipinski definition) is 1. The predicted molar refractivity (Wildman–Crippen MR) is 77.5 cm³/mol. The van der Waals surface area contributed by atoms with Gasteiger partial charge in [0, 0.05) is 22.4 Å². The standard InChI is InChI=1S/C13H17Br2NO/c1-13(2)11(16-3)7-12(13)17-10-5-4-8(14)6-9(10)15/h4-6,11-12,16H,7H2,1-3H3. The molecule has 1 saturated carbocycles. The topological polar surface area (TPSA) is 21.3 Å². The number of rotatable bonds is 3. The molecular formula is C13H17Br2NO. The van der Waals surface area contributed by atoms with Gasteiger partial charge < -0.3 is 10.1 Å². The molecule has 0 aliphatic heterocycles. The SMILES string of the molecule is CNC1CC(Oc2ccc(Br)cc2Br)C1(C)C. The van der Waals surface area contributed by atoms with Crippen LogP contribution in [0.1, 0.15) is 20.3 Å². The summed E-state index contributed by atoms with van der Waals surface area (Å²) in [6, 6.07) is 6.55. The molecule has 1 aromatic carbocycles. The van der Waals surface area contributed by atoms with Crippen LogP contribution in [-0.4, -0.2) is 19.2 Å². The molecule has 2 unspecified atom stereocenters. The summed E-state index contributed by atoms with van der Waals surface area (Å²) in [6.07, 6.45) is 1.34. The van der Waals surface area contributed by atoms with E-state index >= 15 is 0 Å². The van der Waals surface area contributed by atoms with Gasteiger partial charge in [-0.1, -0.05) is 29.8 Å². The Morgan fingerprint density at radius 1 is 1.35 bits per heavy atom. The highest BCUT2D eigenvalue weighted by Gasteiger charge is 2.49. The van der Waals surface area contributed by atoms with Crippen LogP contribution in [-0.2, 0) is 0 Å². The first-order chi connectivity index (χ1) is 7.95. The van der Waals surface area contributed by atoms with Crippen LogP contribution in [0, 0.1) is 5.41 Å². The van der Waals surface area contributed by atoms with E-state index in [2.05, 4.69) is 51.0 Å². The van der Waals surface area contributed by atoms with Gasteiger partial charge in [-0.25, -0.2) is 0 Å². The van der Waals surface area contributed by atoms with E-state index in [-0.39, 0.29) is 11.5 Å². The van der Waals surface area contributed by atoms with E-state index < -0.39 is 0 Å². The minimum absolute atomic E-state index is 0.182. The molecule has 1 aliphatic rings. The van der Waals surface area contributed by atoms with Crippen molar-refractivity contribution in [3.05, 3.63) is 27.1 Å². The fourth-order valence-corrected chi connectivity index (χ4v) is 3.44. The monoisotopic (exact) mass is 361 g/mol. The van der Waals surface area contributed by atoms with Gasteiger partial charge >= 0.3 is 0 Å². The number of ether oxygens (including phenoxy) is 1. The Morgan fingerprint density at radius 2 is 2.06 bits per heavy atom. The third kappa shape index (κ3) is 2.54. The molecular weight excluding hydrogens is 346 g/mol. The first-order valence-electron chi connectivity index (χ1n) is 5.74. The summed E-state index contributed by atoms with van der Waals surface area (Å²) in [6.45, 7) is 4.49. The van der Waals surface area contributed by atoms with Gasteiger partial charge in [0.25, 0.3) is 0 Å². The van der Waals surface area contributed by atoms with Gasteiger partial charge in [0.15, 0.2) is 0 Å². The molecule has 0 aromatic heterocycles. The predicted octanol–water partition coefficient (Wildman–Crippen LogP) is 3.98. The van der Waals surface area contributed by atoms with Crippen LogP contribution >= 0.6 is 31.9 Å². The normalized spacial score (nSPS) is 26.4. The minimum Gasteiger partial charge on any atom is -0.489 e. The molecule has 1 fully saturated rings. The summed E-state index contributed by atoms with van der Waals surface area (Å²) in [5, 5.41) is 3.33. The number of nitrogens with one attached hydrogen (secondary N) is 1. The van der Waals surface area contributed by atoms with Crippen LogP contribution in [0.3, 0.4) is 0 Å². The highest BCUT2D eigenvalue weighted by Crippen LogP contribution is 2.44. The van der Waals surface area contributed by atoms with Crippen molar-refractivity contribution in [2.45, 2.75) is 32.4 Å². The van der Waals surface area contributed by atoms with Crippen molar-refractivity contribution < 1.29 is 4.74 Å². The molecule has 2 nitrogen and oxygen atoms in total. The Labute approximate surface area is 119 Å². The average molecular weight is 363 g/mol. The summed E-state index contributed by atoms with van der Waals surface area (Å²) < 4.78 is 8.13. The maximum Gasteiger partial charge on any atom is 0.134 e. The molecule has 0 spiro atoms. The molecule has 94 valence electrons. The Bertz CT molecular complexity index is 420. The molecule has 0 heterocycles. The second-order valence-corrected chi connectivity index (χ2v) is 6.85. The molecule has 1 aliphatic carbocycles. The number of halogens is 2. The van der Waals surface area contributed by atoms with Gasteiger partial charge in [0.2, 0.25) is 0 Å². The van der Waals surface area contributed by atoms with Crippen LogP contribution in [0.5, 0.6) is 5.75 Å². The summed E-state index contributed by atoms with van der Waals surface area (Å²) >= 11 is 6.97. The zero-order chi connectivity index (χ0) is 12.6. The quantitative estimate of drug-likeness (QED) is 0.878. The molecule has 1 N–H and O–H groups in total. The van der Waals surface area contributed by atoms with E-state index in [4.69, 9.17) is 4.74 Å². The van der Waals surface area contributed by atoms with Crippen molar-refractivity contribution >= 4 is 31.9 Å². The molecule has 0 bridgehead atoms. The second-order valence-electron chi connectivity index (χ2n) is 5.08. The maximum atomic E-state index is 6.08. The molecule has 0 saturated heterocycles. The van der Waals surface area contributed by atoms with Crippen LogP contribution in [0.4, 0.5) is 0 Å². The summed E-state index contributed by atoms with van der Waals surface area (Å²) in [7, 11) is 2.01. The molecule has 2 atom stereocenters. The van der Waals surface area contributed by atoms with Crippen molar-refractivity contribution in [3.8, 4) is 5.75 Å². The fourth-order valence-electron chi connectivity index (χ4n) is 2.30. The summed E-state index contributed by atoms with van der Waals surface area (Å²) in [5.41, 5.74) is 0.182. The lowest BCUT2D eigenvalue weighted by Gasteiger charge is -2.51. The van der Waals surface area contributed by atoms with Gasteiger partial charge in [0.1, 0.15) is 11.9 Å². The highest BCUT2D eigenvalue weighted by atomic mass is 79.9. The van der Waals surface area contributed by atoms with Crippen LogP contribution in [0.2, 0.25) is 0 Å². The fraction of sp³-hybridized carbons (Fsp3) is 0.538. The lowest BCUT2D eigenvalue weighted by atomic mass is 9.64. The van der Waals surface area contributed by atoms with Gasteiger partial charge in [-0.05, 0) is 41.2 Å². The van der Waals surface area contributed by atoms with Crippen molar-refractivity contribution in [1.29, 1.82) is 0 Å². The van der Waals surface area contributed by atoms with Crippen LogP contribution in [0.25, 0.3) is 0 Å². The largest absolute Gasteiger partial charge is 0.489 e. The number of hydrogen-bond acceptors (Lipinski definition) is 2. The Hall–Kier alpha value is -0.0600. The molecule has 2 rings (SSSR count). The molecule has 17 heavy (non-hydrogen) atoms. The lowest BCUT2D eigenvalue weighted by Crippen LogP contribution is -2.61. The molecule has 4 heteroatoms. The minimum atomic E-state index is 0.182. The van der Waals surface area contributed by atoms with Gasteiger partial charge in [-0.3, -0.25) is 0 Å². The highest BCUT2D eigenvalue weighted by molar-refractivity contribution is 9.11. The number of benzene rings is 1. The Balaban J connectivity index is 2.08. The van der Waals surface area contributed by atoms with E-state index in [0.29, 0.717) is 6.04 Å². The van der Waals surface area contributed by atoms with E-state index in [9.17, 15) is 0 Å². The van der Waals surface area contributed by atoms with E-state index in [0.717, 1.165) is 21.1 Å². The molecule has 1 aromatic rings. The summed E-state index contributed by atoms with van der Waals surface area (Å²) in [5.74, 6) is 0.917. The molecule has 0 amide bonds. The van der Waals surface area contributed by atoms with Crippen molar-refractivity contribution in [1.82, 2.24) is 5.32 Å². The first-order valence-corrected chi connectivity index (χ1v) is 7.32. The zero-order valence-electron chi connectivity index (χ0n) is 10.3. The third-order valence-corrected chi connectivity index (χ3v) is 4.80. The lowest BCUT2D eigenvalue weighted by molar-refractivity contribution is -0.0524. The average Bonchev–Trinajstić information content (AvgIpc) is 2.26. The third-order valence-electron chi connectivity index (χ3n) is 3.69. The molecule has 0 radical (unpaired) electrons. The maximum absolute atomic E-state index is 6.08. The van der Waals surface area contributed by atoms with E-state index in [1.54, 1.807) is 0 Å². The van der Waals surface area contributed by atoms with E-state index in [1.807, 2.05) is 25.2 Å². The second kappa shape index (κ2) is 4.90. The summed E-state index contributed by atoms with van der Waals surface area (Å²) in [4.78, 5) is 0. The van der Waals surface area contributed by atoms with Crippen molar-refractivity contribution in [3.63, 3.8) is 0 Å². The Kier molecular flexibility index (Phi) is 3.86. The Morgan fingerprint density at radius 3 is 2.59 bits per heavy atom. The van der Waals surface area contributed by atoms with Gasteiger partial charge in [-0.2, -0.15) is 0 Å². The smallest absolute Gasteiger partial charge is 0.134 e. The first kappa shape index (κ1) is 13.4. The van der Waals surface area contributed by atoms with Crippen molar-refractivity contribution in [2.75, 3.05) is 7.05 Å².